The average Bonchev–Trinajstić information content (AvgIpc) is 2.54. The van der Waals surface area contributed by atoms with Gasteiger partial charge in [-0.3, -0.25) is 20.2 Å². The largest absolute Gasteiger partial charge is 0.418 e. The van der Waals surface area contributed by atoms with E-state index in [0.717, 1.165) is 4.90 Å². The van der Waals surface area contributed by atoms with Gasteiger partial charge in [0, 0.05) is 27.7 Å². The number of nitrogens with zero attached hydrogens (tertiary/aromatic N) is 3. The Hall–Kier alpha value is -2.21. The molecule has 0 spiro atoms. The quantitative estimate of drug-likeness (QED) is 0.391. The second-order valence-electron chi connectivity index (χ2n) is 5.03. The number of anilines is 2. The number of hydrogen-bond donors (Lipinski definition) is 0. The topological polar surface area (TPSA) is 89.5 Å². The zero-order valence-corrected chi connectivity index (χ0v) is 15.9. The Bertz CT molecular complexity index is 906. The lowest BCUT2D eigenvalue weighted by Crippen LogP contribution is -2.19. The standard InChI is InChI=1S/C14H8Br2F3N3O4/c1-20(7-2-3-10(15)11(16)5-7)13-9(14(17,18)19)4-8(21(23)24)6-12(13)22(25)26/h2-6H,1H3. The lowest BCUT2D eigenvalue weighted by atomic mass is 10.1. The number of benzene rings is 2. The molecule has 0 aromatic heterocycles. The lowest BCUT2D eigenvalue weighted by molar-refractivity contribution is -0.394. The van der Waals surface area contributed by atoms with E-state index >= 15 is 0 Å². The predicted octanol–water partition coefficient (Wildman–Crippen LogP) is 5.81. The average molecular weight is 499 g/mol. The van der Waals surface area contributed by atoms with Crippen molar-refractivity contribution in [3.8, 4) is 0 Å². The minimum absolute atomic E-state index is 0.211. The van der Waals surface area contributed by atoms with Crippen LogP contribution in [0, 0.1) is 20.2 Å². The molecular formula is C14H8Br2F3N3O4. The van der Waals surface area contributed by atoms with Crippen molar-refractivity contribution in [1.82, 2.24) is 0 Å². The molecule has 0 aliphatic rings. The van der Waals surface area contributed by atoms with Crippen LogP contribution >= 0.6 is 31.9 Å². The van der Waals surface area contributed by atoms with Crippen molar-refractivity contribution in [2.45, 2.75) is 6.18 Å². The van der Waals surface area contributed by atoms with E-state index in [0.29, 0.717) is 15.0 Å². The summed E-state index contributed by atoms with van der Waals surface area (Å²) in [5.74, 6) is 0. The smallest absolute Gasteiger partial charge is 0.338 e. The van der Waals surface area contributed by atoms with Crippen LogP contribution < -0.4 is 4.90 Å². The Balaban J connectivity index is 2.81. The van der Waals surface area contributed by atoms with Crippen LogP contribution in [-0.4, -0.2) is 16.9 Å². The van der Waals surface area contributed by atoms with Crippen LogP contribution in [0.3, 0.4) is 0 Å². The van der Waals surface area contributed by atoms with E-state index in [1.165, 1.54) is 19.2 Å². The summed E-state index contributed by atoms with van der Waals surface area (Å²) in [4.78, 5) is 21.0. The molecule has 0 saturated carbocycles. The van der Waals surface area contributed by atoms with Gasteiger partial charge in [0.05, 0.1) is 21.5 Å². The summed E-state index contributed by atoms with van der Waals surface area (Å²) in [5.41, 5.74) is -4.09. The van der Waals surface area contributed by atoms with Crippen LogP contribution in [0.2, 0.25) is 0 Å². The number of nitro groups is 2. The fourth-order valence-electron chi connectivity index (χ4n) is 2.24. The molecule has 12 heteroatoms. The maximum Gasteiger partial charge on any atom is 0.418 e. The number of halogens is 5. The fourth-order valence-corrected chi connectivity index (χ4v) is 2.85. The molecule has 0 N–H and O–H groups in total. The van der Waals surface area contributed by atoms with E-state index in [1.807, 2.05) is 0 Å². The summed E-state index contributed by atoms with van der Waals surface area (Å²) in [7, 11) is 1.21. The molecule has 0 heterocycles. The Labute approximate surface area is 161 Å². The van der Waals surface area contributed by atoms with Crippen molar-refractivity contribution in [2.24, 2.45) is 0 Å². The molecule has 0 aliphatic carbocycles. The van der Waals surface area contributed by atoms with Crippen molar-refractivity contribution in [1.29, 1.82) is 0 Å². The highest BCUT2D eigenvalue weighted by atomic mass is 79.9. The van der Waals surface area contributed by atoms with E-state index in [-0.39, 0.29) is 11.8 Å². The van der Waals surface area contributed by atoms with Gasteiger partial charge < -0.3 is 4.90 Å². The van der Waals surface area contributed by atoms with E-state index in [9.17, 15) is 33.4 Å². The molecule has 0 unspecified atom stereocenters. The van der Waals surface area contributed by atoms with Gasteiger partial charge in [-0.05, 0) is 50.1 Å². The summed E-state index contributed by atoms with van der Waals surface area (Å²) in [5, 5.41) is 22.2. The van der Waals surface area contributed by atoms with Gasteiger partial charge in [-0.1, -0.05) is 0 Å². The second kappa shape index (κ2) is 7.19. The van der Waals surface area contributed by atoms with Gasteiger partial charge in [-0.25, -0.2) is 0 Å². The predicted molar refractivity (Wildman–Crippen MR) is 94.7 cm³/mol. The summed E-state index contributed by atoms with van der Waals surface area (Å²) < 4.78 is 41.5. The summed E-state index contributed by atoms with van der Waals surface area (Å²) >= 11 is 6.42. The molecule has 138 valence electrons. The van der Waals surface area contributed by atoms with Gasteiger partial charge in [0.1, 0.15) is 5.69 Å². The molecule has 0 bridgehead atoms. The first-order chi connectivity index (χ1) is 11.9. The maximum absolute atomic E-state index is 13.5. The monoisotopic (exact) mass is 497 g/mol. The molecule has 0 aliphatic heterocycles. The molecule has 0 saturated heterocycles. The molecular weight excluding hydrogens is 491 g/mol. The highest BCUT2D eigenvalue weighted by molar-refractivity contribution is 9.13. The van der Waals surface area contributed by atoms with Crippen LogP contribution in [0.15, 0.2) is 39.3 Å². The molecule has 0 radical (unpaired) electrons. The Morgan fingerprint density at radius 2 is 1.62 bits per heavy atom. The first-order valence-electron chi connectivity index (χ1n) is 6.66. The number of hydrogen-bond acceptors (Lipinski definition) is 5. The van der Waals surface area contributed by atoms with Gasteiger partial charge >= 0.3 is 6.18 Å². The molecule has 0 amide bonds. The number of nitro benzene ring substituents is 2. The third-order valence-electron chi connectivity index (χ3n) is 3.41. The fraction of sp³-hybridized carbons (Fsp3) is 0.143. The van der Waals surface area contributed by atoms with Gasteiger partial charge in [0.15, 0.2) is 0 Å². The SMILES string of the molecule is CN(c1ccc(Br)c(Br)c1)c1c([N+](=O)[O-])cc([N+](=O)[O-])cc1C(F)(F)F. The normalized spacial score (nSPS) is 11.3. The maximum atomic E-state index is 13.5. The van der Waals surface area contributed by atoms with Gasteiger partial charge in [-0.15, -0.1) is 0 Å². The van der Waals surface area contributed by atoms with Gasteiger partial charge in [0.2, 0.25) is 0 Å². The Kier molecular flexibility index (Phi) is 5.56. The molecule has 0 atom stereocenters. The van der Waals surface area contributed by atoms with Crippen LogP contribution in [0.5, 0.6) is 0 Å². The summed E-state index contributed by atoms with van der Waals surface area (Å²) in [6.45, 7) is 0. The van der Waals surface area contributed by atoms with E-state index in [4.69, 9.17) is 0 Å². The number of alkyl halides is 3. The Morgan fingerprint density at radius 3 is 2.08 bits per heavy atom. The first-order valence-corrected chi connectivity index (χ1v) is 8.25. The zero-order chi connectivity index (χ0) is 19.8. The van der Waals surface area contributed by atoms with Crippen molar-refractivity contribution in [3.63, 3.8) is 0 Å². The molecule has 2 aromatic rings. The first kappa shape index (κ1) is 20.1. The van der Waals surface area contributed by atoms with E-state index < -0.39 is 38.6 Å². The minimum atomic E-state index is -5.03. The zero-order valence-electron chi connectivity index (χ0n) is 12.8. The minimum Gasteiger partial charge on any atom is -0.338 e. The van der Waals surface area contributed by atoms with Gasteiger partial charge in [-0.2, -0.15) is 13.2 Å². The van der Waals surface area contributed by atoms with Crippen molar-refractivity contribution in [3.05, 3.63) is 65.1 Å². The molecule has 2 aromatic carbocycles. The van der Waals surface area contributed by atoms with E-state index in [2.05, 4.69) is 31.9 Å². The van der Waals surface area contributed by atoms with Crippen molar-refractivity contribution >= 4 is 54.6 Å². The third-order valence-corrected chi connectivity index (χ3v) is 5.29. The highest BCUT2D eigenvalue weighted by Crippen LogP contribution is 2.46. The second-order valence-corrected chi connectivity index (χ2v) is 6.74. The molecule has 0 fully saturated rings. The lowest BCUT2D eigenvalue weighted by Gasteiger charge is -2.23. The van der Waals surface area contributed by atoms with Crippen molar-refractivity contribution < 1.29 is 23.0 Å². The summed E-state index contributed by atoms with van der Waals surface area (Å²) in [6, 6.07) is 5.23. The molecule has 7 nitrogen and oxygen atoms in total. The van der Waals surface area contributed by atoms with E-state index in [1.54, 1.807) is 6.07 Å². The van der Waals surface area contributed by atoms with Crippen LogP contribution in [0.25, 0.3) is 0 Å². The molecule has 26 heavy (non-hydrogen) atoms. The van der Waals surface area contributed by atoms with Crippen LogP contribution in [0.4, 0.5) is 35.9 Å². The number of rotatable bonds is 4. The Morgan fingerprint density at radius 1 is 1.00 bits per heavy atom. The van der Waals surface area contributed by atoms with Gasteiger partial charge in [0.25, 0.3) is 11.4 Å². The molecule has 2 rings (SSSR count). The third kappa shape index (κ3) is 3.96. The summed E-state index contributed by atoms with van der Waals surface area (Å²) in [6.07, 6.45) is -5.03. The van der Waals surface area contributed by atoms with Crippen LogP contribution in [-0.2, 0) is 6.18 Å². The van der Waals surface area contributed by atoms with Crippen LogP contribution in [0.1, 0.15) is 5.56 Å². The van der Waals surface area contributed by atoms with Crippen molar-refractivity contribution in [2.75, 3.05) is 11.9 Å². The highest BCUT2D eigenvalue weighted by Gasteiger charge is 2.41. The number of non-ortho nitro benzene ring substituents is 1.